The second-order valence-corrected chi connectivity index (χ2v) is 5.56. The molecule has 0 aromatic heterocycles. The summed E-state index contributed by atoms with van der Waals surface area (Å²) < 4.78 is 5.78. The van der Waals surface area contributed by atoms with Crippen LogP contribution in [0.15, 0.2) is 24.3 Å². The number of hydrogen-bond acceptors (Lipinski definition) is 5. The van der Waals surface area contributed by atoms with Crippen LogP contribution in [-0.2, 0) is 0 Å². The Balaban J connectivity index is 0.00000484. The van der Waals surface area contributed by atoms with E-state index in [4.69, 9.17) is 14.9 Å². The van der Waals surface area contributed by atoms with Crippen LogP contribution in [0.5, 0.6) is 5.75 Å². The standard InChI is InChI=1S/C17H29NO4.ClH/c1-3-14(2)16-6-4-5-7-17(16)22-13-15(21)12-18(8-10-19)9-11-20;/h4-7,14-15,19-21H,3,8-13H2,1-2H3;1H. The number of para-hydroxylation sites is 1. The third-order valence-electron chi connectivity index (χ3n) is 3.79. The maximum Gasteiger partial charge on any atom is 0.122 e. The van der Waals surface area contributed by atoms with Crippen molar-refractivity contribution in [3.63, 3.8) is 0 Å². The maximum atomic E-state index is 10.1. The first-order chi connectivity index (χ1) is 10.6. The van der Waals surface area contributed by atoms with Crippen LogP contribution in [0, 0.1) is 0 Å². The molecule has 0 aliphatic heterocycles. The highest BCUT2D eigenvalue weighted by molar-refractivity contribution is 5.85. The lowest BCUT2D eigenvalue weighted by atomic mass is 9.98. The van der Waals surface area contributed by atoms with Crippen LogP contribution in [0.2, 0.25) is 0 Å². The maximum absolute atomic E-state index is 10.1. The number of halogens is 1. The second-order valence-electron chi connectivity index (χ2n) is 5.56. The molecule has 0 saturated carbocycles. The quantitative estimate of drug-likeness (QED) is 0.567. The largest absolute Gasteiger partial charge is 0.491 e. The van der Waals surface area contributed by atoms with E-state index in [1.807, 2.05) is 23.1 Å². The molecule has 1 rings (SSSR count). The number of aliphatic hydroxyl groups excluding tert-OH is 3. The predicted octanol–water partition coefficient (Wildman–Crippen LogP) is 1.65. The Morgan fingerprint density at radius 3 is 2.30 bits per heavy atom. The second kappa shape index (κ2) is 12.6. The lowest BCUT2D eigenvalue weighted by Crippen LogP contribution is -2.38. The Kier molecular flexibility index (Phi) is 12.1. The predicted molar refractivity (Wildman–Crippen MR) is 94.5 cm³/mol. The molecule has 0 saturated heterocycles. The smallest absolute Gasteiger partial charge is 0.122 e. The van der Waals surface area contributed by atoms with Crippen LogP contribution < -0.4 is 4.74 Å². The van der Waals surface area contributed by atoms with E-state index in [-0.39, 0.29) is 32.2 Å². The SMILES string of the molecule is CCC(C)c1ccccc1OCC(O)CN(CCO)CCO.Cl. The van der Waals surface area contributed by atoms with Crippen molar-refractivity contribution in [1.29, 1.82) is 0 Å². The normalized spacial score (nSPS) is 13.5. The Bertz CT molecular complexity index is 413. The van der Waals surface area contributed by atoms with E-state index >= 15 is 0 Å². The number of ether oxygens (including phenoxy) is 1. The molecule has 23 heavy (non-hydrogen) atoms. The molecule has 0 spiro atoms. The van der Waals surface area contributed by atoms with E-state index in [0.717, 1.165) is 17.7 Å². The zero-order valence-electron chi connectivity index (χ0n) is 14.0. The molecule has 0 aliphatic carbocycles. The minimum atomic E-state index is -0.664. The monoisotopic (exact) mass is 347 g/mol. The Morgan fingerprint density at radius 1 is 1.13 bits per heavy atom. The molecule has 134 valence electrons. The average Bonchev–Trinajstić information content (AvgIpc) is 2.53. The Hall–Kier alpha value is -0.850. The lowest BCUT2D eigenvalue weighted by Gasteiger charge is -2.24. The summed E-state index contributed by atoms with van der Waals surface area (Å²) in [7, 11) is 0. The Morgan fingerprint density at radius 2 is 1.74 bits per heavy atom. The first-order valence-corrected chi connectivity index (χ1v) is 7.96. The molecule has 0 aliphatic rings. The summed E-state index contributed by atoms with van der Waals surface area (Å²) in [5.41, 5.74) is 1.15. The highest BCUT2D eigenvalue weighted by atomic mass is 35.5. The van der Waals surface area contributed by atoms with Gasteiger partial charge >= 0.3 is 0 Å². The van der Waals surface area contributed by atoms with Gasteiger partial charge < -0.3 is 20.1 Å². The molecule has 2 unspecified atom stereocenters. The molecule has 0 fully saturated rings. The van der Waals surface area contributed by atoms with Gasteiger partial charge in [0.05, 0.1) is 13.2 Å². The molecule has 0 heterocycles. The molecule has 6 heteroatoms. The Labute approximate surface area is 145 Å². The summed E-state index contributed by atoms with van der Waals surface area (Å²) in [5.74, 6) is 1.22. The summed E-state index contributed by atoms with van der Waals surface area (Å²) in [6.45, 7) is 5.73. The van der Waals surface area contributed by atoms with Gasteiger partial charge in [-0.3, -0.25) is 4.90 Å². The van der Waals surface area contributed by atoms with Gasteiger partial charge in [-0.15, -0.1) is 12.4 Å². The van der Waals surface area contributed by atoms with Crippen molar-refractivity contribution in [1.82, 2.24) is 4.90 Å². The van der Waals surface area contributed by atoms with Crippen LogP contribution in [0.25, 0.3) is 0 Å². The third kappa shape index (κ3) is 7.99. The van der Waals surface area contributed by atoms with Gasteiger partial charge in [0, 0.05) is 19.6 Å². The molecule has 0 amide bonds. The van der Waals surface area contributed by atoms with Gasteiger partial charge in [0.2, 0.25) is 0 Å². The summed E-state index contributed by atoms with van der Waals surface area (Å²) >= 11 is 0. The van der Waals surface area contributed by atoms with Crippen molar-refractivity contribution < 1.29 is 20.1 Å². The summed E-state index contributed by atoms with van der Waals surface area (Å²) in [5, 5.41) is 28.0. The van der Waals surface area contributed by atoms with Gasteiger partial charge in [-0.1, -0.05) is 32.0 Å². The summed E-state index contributed by atoms with van der Waals surface area (Å²) in [6, 6.07) is 7.90. The molecule has 5 nitrogen and oxygen atoms in total. The highest BCUT2D eigenvalue weighted by Crippen LogP contribution is 2.28. The van der Waals surface area contributed by atoms with Gasteiger partial charge in [-0.25, -0.2) is 0 Å². The number of hydrogen-bond donors (Lipinski definition) is 3. The van der Waals surface area contributed by atoms with E-state index in [0.29, 0.717) is 25.6 Å². The van der Waals surface area contributed by atoms with E-state index in [9.17, 15) is 5.11 Å². The molecule has 0 bridgehead atoms. The fourth-order valence-electron chi connectivity index (χ4n) is 2.35. The van der Waals surface area contributed by atoms with Crippen LogP contribution in [0.3, 0.4) is 0 Å². The lowest BCUT2D eigenvalue weighted by molar-refractivity contribution is 0.0549. The van der Waals surface area contributed by atoms with Crippen molar-refractivity contribution in [2.75, 3.05) is 39.5 Å². The van der Waals surface area contributed by atoms with E-state index in [2.05, 4.69) is 19.9 Å². The highest BCUT2D eigenvalue weighted by Gasteiger charge is 2.14. The van der Waals surface area contributed by atoms with Crippen molar-refractivity contribution in [2.24, 2.45) is 0 Å². The van der Waals surface area contributed by atoms with E-state index in [1.54, 1.807) is 0 Å². The summed E-state index contributed by atoms with van der Waals surface area (Å²) in [4.78, 5) is 1.81. The van der Waals surface area contributed by atoms with Crippen molar-refractivity contribution in [3.05, 3.63) is 29.8 Å². The van der Waals surface area contributed by atoms with Crippen LogP contribution >= 0.6 is 12.4 Å². The fraction of sp³-hybridized carbons (Fsp3) is 0.647. The molecule has 2 atom stereocenters. The first kappa shape index (κ1) is 22.1. The minimum absolute atomic E-state index is 0. The van der Waals surface area contributed by atoms with Gasteiger partial charge in [0.15, 0.2) is 0 Å². The van der Waals surface area contributed by atoms with Crippen molar-refractivity contribution in [3.8, 4) is 5.75 Å². The number of rotatable bonds is 11. The number of benzene rings is 1. The third-order valence-corrected chi connectivity index (χ3v) is 3.79. The van der Waals surface area contributed by atoms with Crippen LogP contribution in [0.1, 0.15) is 31.7 Å². The molecule has 1 aromatic carbocycles. The minimum Gasteiger partial charge on any atom is -0.491 e. The summed E-state index contributed by atoms with van der Waals surface area (Å²) in [6.07, 6.45) is 0.368. The molecular formula is C17H30ClNO4. The number of aliphatic hydroxyl groups is 3. The molecule has 0 radical (unpaired) electrons. The van der Waals surface area contributed by atoms with Crippen LogP contribution in [-0.4, -0.2) is 65.8 Å². The molecule has 3 N–H and O–H groups in total. The van der Waals surface area contributed by atoms with Crippen molar-refractivity contribution >= 4 is 12.4 Å². The first-order valence-electron chi connectivity index (χ1n) is 7.96. The van der Waals surface area contributed by atoms with Gasteiger partial charge in [0.1, 0.15) is 18.5 Å². The van der Waals surface area contributed by atoms with Gasteiger partial charge in [0.25, 0.3) is 0 Å². The number of nitrogens with zero attached hydrogens (tertiary/aromatic N) is 1. The molecular weight excluding hydrogens is 318 g/mol. The van der Waals surface area contributed by atoms with Crippen LogP contribution in [0.4, 0.5) is 0 Å². The topological polar surface area (TPSA) is 73.2 Å². The van der Waals surface area contributed by atoms with E-state index in [1.165, 1.54) is 0 Å². The van der Waals surface area contributed by atoms with Crippen molar-refractivity contribution in [2.45, 2.75) is 32.3 Å². The fourth-order valence-corrected chi connectivity index (χ4v) is 2.35. The average molecular weight is 348 g/mol. The van der Waals surface area contributed by atoms with Gasteiger partial charge in [-0.2, -0.15) is 0 Å². The van der Waals surface area contributed by atoms with Gasteiger partial charge in [-0.05, 0) is 24.0 Å². The molecule has 1 aromatic rings. The zero-order chi connectivity index (χ0) is 16.4. The van der Waals surface area contributed by atoms with E-state index < -0.39 is 6.10 Å². The zero-order valence-corrected chi connectivity index (χ0v) is 14.8.